The highest BCUT2D eigenvalue weighted by atomic mass is 16.5. The van der Waals surface area contributed by atoms with Crippen LogP contribution in [-0.2, 0) is 6.42 Å². The molecule has 0 saturated carbocycles. The fraction of sp³-hybridized carbons (Fsp3) is 0.625. The van der Waals surface area contributed by atoms with E-state index in [0.29, 0.717) is 0 Å². The lowest BCUT2D eigenvalue weighted by molar-refractivity contribution is 0.185. The van der Waals surface area contributed by atoms with Crippen molar-refractivity contribution in [3.63, 3.8) is 0 Å². The lowest BCUT2D eigenvalue weighted by Crippen LogP contribution is -2.01. The van der Waals surface area contributed by atoms with Crippen LogP contribution in [0.4, 0.5) is 0 Å². The van der Waals surface area contributed by atoms with Gasteiger partial charge < -0.3 is 9.63 Å². The largest absolute Gasteiger partial charge is 0.393 e. The van der Waals surface area contributed by atoms with E-state index in [-0.39, 0.29) is 6.10 Å². The summed E-state index contributed by atoms with van der Waals surface area (Å²) in [5.74, 6) is 0.852. The Kier molecular flexibility index (Phi) is 2.65. The lowest BCUT2D eigenvalue weighted by atomic mass is 10.1. The van der Waals surface area contributed by atoms with Crippen LogP contribution in [0, 0.1) is 6.92 Å². The highest BCUT2D eigenvalue weighted by Gasteiger charge is 2.03. The normalized spacial score (nSPS) is 13.4. The molecule has 0 aliphatic rings. The molecule has 1 heterocycles. The van der Waals surface area contributed by atoms with Gasteiger partial charge in [0, 0.05) is 5.56 Å². The van der Waals surface area contributed by atoms with Gasteiger partial charge in [-0.15, -0.1) is 0 Å². The molecule has 1 N–H and O–H groups in total. The van der Waals surface area contributed by atoms with E-state index in [4.69, 9.17) is 9.63 Å². The summed E-state index contributed by atoms with van der Waals surface area (Å²) in [7, 11) is 0. The zero-order chi connectivity index (χ0) is 8.27. The first-order chi connectivity index (χ1) is 5.20. The van der Waals surface area contributed by atoms with Crippen LogP contribution in [0.2, 0.25) is 0 Å². The monoisotopic (exact) mass is 155 g/mol. The summed E-state index contributed by atoms with van der Waals surface area (Å²) in [6, 6.07) is 0. The number of aliphatic hydroxyl groups is 1. The molecule has 62 valence electrons. The van der Waals surface area contributed by atoms with Crippen molar-refractivity contribution < 1.29 is 9.63 Å². The molecule has 1 atom stereocenters. The van der Waals surface area contributed by atoms with Crippen molar-refractivity contribution in [3.05, 3.63) is 17.5 Å². The fourth-order valence-corrected chi connectivity index (χ4v) is 0.924. The maximum Gasteiger partial charge on any atom is 0.136 e. The molecular formula is C8H13NO2. The van der Waals surface area contributed by atoms with Gasteiger partial charge in [-0.1, -0.05) is 5.16 Å². The maximum absolute atomic E-state index is 8.99. The average molecular weight is 155 g/mol. The Morgan fingerprint density at radius 2 is 2.45 bits per heavy atom. The molecular weight excluding hydrogens is 142 g/mol. The third kappa shape index (κ3) is 2.35. The first-order valence-electron chi connectivity index (χ1n) is 3.78. The third-order valence-corrected chi connectivity index (χ3v) is 1.68. The molecule has 3 nitrogen and oxygen atoms in total. The molecule has 0 spiro atoms. The Hall–Kier alpha value is -0.830. The van der Waals surface area contributed by atoms with Crippen molar-refractivity contribution in [1.82, 2.24) is 5.16 Å². The number of aryl methyl sites for hydroxylation is 2. The van der Waals surface area contributed by atoms with Crippen LogP contribution in [-0.4, -0.2) is 16.4 Å². The number of aliphatic hydroxyl groups excluding tert-OH is 1. The minimum atomic E-state index is -0.246. The molecule has 1 aromatic rings. The number of nitrogens with zero attached hydrogens (tertiary/aromatic N) is 1. The summed E-state index contributed by atoms with van der Waals surface area (Å²) in [5, 5.41) is 12.6. The standard InChI is InChI=1S/C8H13NO2/c1-6(10)3-4-8-5-9-11-7(8)2/h5-6,10H,3-4H2,1-2H3/t6-/m1/s1. The minimum Gasteiger partial charge on any atom is -0.393 e. The molecule has 0 aromatic carbocycles. The summed E-state index contributed by atoms with van der Waals surface area (Å²) in [6.45, 7) is 3.66. The number of aromatic nitrogens is 1. The maximum atomic E-state index is 8.99. The summed E-state index contributed by atoms with van der Waals surface area (Å²) in [5.41, 5.74) is 1.09. The van der Waals surface area contributed by atoms with Crippen molar-refractivity contribution in [2.75, 3.05) is 0 Å². The zero-order valence-electron chi connectivity index (χ0n) is 6.87. The number of hydrogen-bond donors (Lipinski definition) is 1. The van der Waals surface area contributed by atoms with Gasteiger partial charge in [-0.3, -0.25) is 0 Å². The topological polar surface area (TPSA) is 46.3 Å². The molecule has 0 aliphatic heterocycles. The van der Waals surface area contributed by atoms with E-state index in [1.807, 2.05) is 6.92 Å². The van der Waals surface area contributed by atoms with Crippen LogP contribution in [0.15, 0.2) is 10.7 Å². The molecule has 0 fully saturated rings. The lowest BCUT2D eigenvalue weighted by Gasteiger charge is -2.00. The van der Waals surface area contributed by atoms with Gasteiger partial charge in [0.1, 0.15) is 5.76 Å². The van der Waals surface area contributed by atoms with Crippen LogP contribution in [0.3, 0.4) is 0 Å². The molecule has 1 aromatic heterocycles. The van der Waals surface area contributed by atoms with E-state index >= 15 is 0 Å². The molecule has 0 aliphatic carbocycles. The second kappa shape index (κ2) is 3.53. The first kappa shape index (κ1) is 8.27. The molecule has 11 heavy (non-hydrogen) atoms. The van der Waals surface area contributed by atoms with E-state index in [0.717, 1.165) is 24.2 Å². The quantitative estimate of drug-likeness (QED) is 0.715. The van der Waals surface area contributed by atoms with Crippen molar-refractivity contribution in [3.8, 4) is 0 Å². The van der Waals surface area contributed by atoms with E-state index in [9.17, 15) is 0 Å². The van der Waals surface area contributed by atoms with Gasteiger partial charge in [0.2, 0.25) is 0 Å². The second-order valence-corrected chi connectivity index (χ2v) is 2.79. The molecule has 0 bridgehead atoms. The Balaban J connectivity index is 2.44. The van der Waals surface area contributed by atoms with Gasteiger partial charge in [-0.2, -0.15) is 0 Å². The molecule has 0 amide bonds. The van der Waals surface area contributed by atoms with E-state index < -0.39 is 0 Å². The minimum absolute atomic E-state index is 0.246. The Morgan fingerprint density at radius 3 is 2.91 bits per heavy atom. The predicted octanol–water partition coefficient (Wildman–Crippen LogP) is 1.30. The summed E-state index contributed by atoms with van der Waals surface area (Å²) >= 11 is 0. The fourth-order valence-electron chi connectivity index (χ4n) is 0.924. The van der Waals surface area contributed by atoms with Crippen molar-refractivity contribution in [2.45, 2.75) is 32.8 Å². The molecule has 0 saturated heterocycles. The number of hydrogen-bond acceptors (Lipinski definition) is 3. The first-order valence-corrected chi connectivity index (χ1v) is 3.78. The van der Waals surface area contributed by atoms with Gasteiger partial charge in [0.25, 0.3) is 0 Å². The SMILES string of the molecule is Cc1oncc1CC[C@@H](C)O. The van der Waals surface area contributed by atoms with Gasteiger partial charge in [-0.25, -0.2) is 0 Å². The molecule has 3 heteroatoms. The van der Waals surface area contributed by atoms with Crippen LogP contribution >= 0.6 is 0 Å². The van der Waals surface area contributed by atoms with Gasteiger partial charge in [0.05, 0.1) is 12.3 Å². The van der Waals surface area contributed by atoms with E-state index in [2.05, 4.69) is 5.16 Å². The van der Waals surface area contributed by atoms with Crippen LogP contribution in [0.5, 0.6) is 0 Å². The van der Waals surface area contributed by atoms with Crippen LogP contribution in [0.25, 0.3) is 0 Å². The highest BCUT2D eigenvalue weighted by molar-refractivity contribution is 5.11. The second-order valence-electron chi connectivity index (χ2n) is 2.79. The van der Waals surface area contributed by atoms with Crippen LogP contribution < -0.4 is 0 Å². The zero-order valence-corrected chi connectivity index (χ0v) is 6.87. The third-order valence-electron chi connectivity index (χ3n) is 1.68. The summed E-state index contributed by atoms with van der Waals surface area (Å²) < 4.78 is 4.87. The Labute approximate surface area is 66.0 Å². The van der Waals surface area contributed by atoms with Gasteiger partial charge >= 0.3 is 0 Å². The smallest absolute Gasteiger partial charge is 0.136 e. The molecule has 0 radical (unpaired) electrons. The Morgan fingerprint density at radius 1 is 1.73 bits per heavy atom. The summed E-state index contributed by atoms with van der Waals surface area (Å²) in [4.78, 5) is 0. The van der Waals surface area contributed by atoms with Gasteiger partial charge in [-0.05, 0) is 26.7 Å². The van der Waals surface area contributed by atoms with Crippen molar-refractivity contribution in [1.29, 1.82) is 0 Å². The average Bonchev–Trinajstić information content (AvgIpc) is 2.31. The van der Waals surface area contributed by atoms with Crippen molar-refractivity contribution >= 4 is 0 Å². The van der Waals surface area contributed by atoms with Gasteiger partial charge in [0.15, 0.2) is 0 Å². The van der Waals surface area contributed by atoms with E-state index in [1.54, 1.807) is 13.1 Å². The molecule has 0 unspecified atom stereocenters. The Bertz CT molecular complexity index is 218. The molecule has 1 rings (SSSR count). The van der Waals surface area contributed by atoms with E-state index in [1.165, 1.54) is 0 Å². The highest BCUT2D eigenvalue weighted by Crippen LogP contribution is 2.09. The van der Waals surface area contributed by atoms with Crippen LogP contribution in [0.1, 0.15) is 24.7 Å². The van der Waals surface area contributed by atoms with Crippen molar-refractivity contribution in [2.24, 2.45) is 0 Å². The summed E-state index contributed by atoms with van der Waals surface area (Å²) in [6.07, 6.45) is 3.07. The predicted molar refractivity (Wildman–Crippen MR) is 41.2 cm³/mol. The number of rotatable bonds is 3.